The van der Waals surface area contributed by atoms with Gasteiger partial charge in [0.1, 0.15) is 0 Å². The number of thioether (sulfide) groups is 1. The molecule has 2 aromatic heterocycles. The maximum absolute atomic E-state index is 12.0. The molecular weight excluding hydrogens is 356 g/mol. The van der Waals surface area contributed by atoms with E-state index in [-0.39, 0.29) is 11.7 Å². The van der Waals surface area contributed by atoms with Gasteiger partial charge in [0.2, 0.25) is 11.8 Å². The van der Waals surface area contributed by atoms with E-state index in [1.807, 2.05) is 36.6 Å². The number of benzene rings is 1. The molecule has 0 aliphatic carbocycles. The van der Waals surface area contributed by atoms with E-state index in [4.69, 9.17) is 4.42 Å². The Hall–Kier alpha value is -2.19. The molecular formula is C17H18N4O2S2. The van der Waals surface area contributed by atoms with E-state index in [1.54, 1.807) is 11.3 Å². The molecule has 3 aromatic rings. The van der Waals surface area contributed by atoms with Crippen molar-refractivity contribution in [2.75, 3.05) is 11.1 Å². The van der Waals surface area contributed by atoms with Crippen LogP contribution >= 0.6 is 23.1 Å². The monoisotopic (exact) mass is 374 g/mol. The molecule has 0 aliphatic heterocycles. The summed E-state index contributed by atoms with van der Waals surface area (Å²) in [5.41, 5.74) is 2.94. The molecule has 0 atom stereocenters. The lowest BCUT2D eigenvalue weighted by Crippen LogP contribution is -2.13. The van der Waals surface area contributed by atoms with Crippen molar-refractivity contribution in [3.8, 4) is 0 Å². The minimum atomic E-state index is -0.107. The summed E-state index contributed by atoms with van der Waals surface area (Å²) in [7, 11) is 0. The van der Waals surface area contributed by atoms with Crippen molar-refractivity contribution in [3.63, 3.8) is 0 Å². The molecule has 0 aliphatic rings. The summed E-state index contributed by atoms with van der Waals surface area (Å²) in [6.07, 6.45) is 1.48. The minimum Gasteiger partial charge on any atom is -0.416 e. The van der Waals surface area contributed by atoms with Gasteiger partial charge in [0, 0.05) is 11.1 Å². The van der Waals surface area contributed by atoms with Gasteiger partial charge in [0.25, 0.3) is 5.22 Å². The molecule has 0 bridgehead atoms. The Morgan fingerprint density at radius 3 is 2.76 bits per heavy atom. The number of hydrogen-bond acceptors (Lipinski definition) is 7. The number of carbonyl (C=O) groups excluding carboxylic acids is 1. The second-order valence-corrected chi connectivity index (χ2v) is 7.37. The zero-order valence-electron chi connectivity index (χ0n) is 14.0. The summed E-state index contributed by atoms with van der Waals surface area (Å²) in [4.78, 5) is 16.4. The molecule has 1 amide bonds. The highest BCUT2D eigenvalue weighted by molar-refractivity contribution is 7.99. The molecule has 0 unspecified atom stereocenters. The Bertz CT molecular complexity index is 842. The fourth-order valence-electron chi connectivity index (χ4n) is 2.16. The third-order valence-corrected chi connectivity index (χ3v) is 5.06. The molecule has 130 valence electrons. The summed E-state index contributed by atoms with van der Waals surface area (Å²) in [6, 6.07) is 7.82. The number of aromatic nitrogens is 3. The molecule has 1 aromatic carbocycles. The Morgan fingerprint density at radius 2 is 2.08 bits per heavy atom. The van der Waals surface area contributed by atoms with E-state index in [1.165, 1.54) is 17.3 Å². The normalized spacial score (nSPS) is 10.8. The quantitative estimate of drug-likeness (QED) is 0.635. The fraction of sp³-hybridized carbons (Fsp3) is 0.294. The van der Waals surface area contributed by atoms with Crippen LogP contribution in [0.15, 0.2) is 39.3 Å². The lowest BCUT2D eigenvalue weighted by Gasteiger charge is -2.04. The summed E-state index contributed by atoms with van der Waals surface area (Å²) in [5.74, 6) is 0.611. The van der Waals surface area contributed by atoms with Gasteiger partial charge in [-0.1, -0.05) is 30.8 Å². The second kappa shape index (κ2) is 8.26. The Labute approximate surface area is 154 Å². The zero-order chi connectivity index (χ0) is 17.6. The van der Waals surface area contributed by atoms with Crippen LogP contribution in [0.5, 0.6) is 0 Å². The summed E-state index contributed by atoms with van der Waals surface area (Å²) >= 11 is 2.81. The Balaban J connectivity index is 1.48. The first-order chi connectivity index (χ1) is 12.1. The van der Waals surface area contributed by atoms with Crippen molar-refractivity contribution in [2.45, 2.75) is 31.9 Å². The number of amides is 1. The van der Waals surface area contributed by atoms with Crippen molar-refractivity contribution < 1.29 is 9.21 Å². The van der Waals surface area contributed by atoms with E-state index in [2.05, 4.69) is 27.4 Å². The number of nitrogens with zero attached hydrogens (tertiary/aromatic N) is 3. The largest absolute Gasteiger partial charge is 0.416 e. The van der Waals surface area contributed by atoms with Crippen molar-refractivity contribution in [1.82, 2.24) is 15.2 Å². The average Bonchev–Trinajstić information content (AvgIpc) is 3.23. The lowest BCUT2D eigenvalue weighted by molar-refractivity contribution is -0.113. The summed E-state index contributed by atoms with van der Waals surface area (Å²) in [5, 5.41) is 14.2. The van der Waals surface area contributed by atoms with Crippen LogP contribution in [0.4, 0.5) is 5.69 Å². The van der Waals surface area contributed by atoms with Crippen LogP contribution in [0.25, 0.3) is 0 Å². The van der Waals surface area contributed by atoms with Crippen LogP contribution in [-0.2, 0) is 17.6 Å². The van der Waals surface area contributed by atoms with E-state index < -0.39 is 0 Å². The molecule has 1 N–H and O–H groups in total. The van der Waals surface area contributed by atoms with Gasteiger partial charge < -0.3 is 9.73 Å². The van der Waals surface area contributed by atoms with Gasteiger partial charge >= 0.3 is 0 Å². The third-order valence-electron chi connectivity index (χ3n) is 3.42. The molecule has 0 radical (unpaired) electrons. The molecule has 0 spiro atoms. The molecule has 25 heavy (non-hydrogen) atoms. The molecule has 8 heteroatoms. The molecule has 0 fully saturated rings. The number of hydrogen-bond donors (Lipinski definition) is 1. The van der Waals surface area contributed by atoms with Crippen molar-refractivity contribution in [2.24, 2.45) is 0 Å². The minimum absolute atomic E-state index is 0.107. The number of thiazole rings is 1. The molecule has 6 nitrogen and oxygen atoms in total. The zero-order valence-corrected chi connectivity index (χ0v) is 15.6. The SMILES string of the molecule is CCc1ccc(NC(=O)CSc2nnc(Cc3csc(C)n3)o2)cc1. The fourth-order valence-corrected chi connectivity index (χ4v) is 3.35. The van der Waals surface area contributed by atoms with Crippen LogP contribution in [-0.4, -0.2) is 26.8 Å². The lowest BCUT2D eigenvalue weighted by atomic mass is 10.1. The molecule has 0 saturated carbocycles. The van der Waals surface area contributed by atoms with Gasteiger partial charge in [-0.3, -0.25) is 4.79 Å². The standard InChI is InChI=1S/C17H18N4O2S2/c1-3-12-4-6-13(7-5-12)19-15(22)10-25-17-21-20-16(23-17)8-14-9-24-11(2)18-14/h4-7,9H,3,8,10H2,1-2H3,(H,19,22). The third kappa shape index (κ3) is 5.14. The van der Waals surface area contributed by atoms with E-state index >= 15 is 0 Å². The number of aryl methyl sites for hydroxylation is 2. The number of rotatable bonds is 7. The first-order valence-electron chi connectivity index (χ1n) is 7.87. The highest BCUT2D eigenvalue weighted by atomic mass is 32.2. The Morgan fingerprint density at radius 1 is 1.28 bits per heavy atom. The van der Waals surface area contributed by atoms with Crippen LogP contribution in [0.2, 0.25) is 0 Å². The van der Waals surface area contributed by atoms with Crippen molar-refractivity contribution in [1.29, 1.82) is 0 Å². The second-order valence-electron chi connectivity index (χ2n) is 5.38. The summed E-state index contributed by atoms with van der Waals surface area (Å²) in [6.45, 7) is 4.05. The maximum Gasteiger partial charge on any atom is 0.277 e. The van der Waals surface area contributed by atoms with Gasteiger partial charge in [0.05, 0.1) is 22.9 Å². The van der Waals surface area contributed by atoms with Gasteiger partial charge in [-0.25, -0.2) is 4.98 Å². The molecule has 2 heterocycles. The van der Waals surface area contributed by atoms with Gasteiger partial charge in [-0.2, -0.15) is 0 Å². The van der Waals surface area contributed by atoms with Gasteiger partial charge in [-0.05, 0) is 31.0 Å². The van der Waals surface area contributed by atoms with E-state index in [9.17, 15) is 4.79 Å². The van der Waals surface area contributed by atoms with E-state index in [0.717, 1.165) is 22.8 Å². The van der Waals surface area contributed by atoms with Crippen LogP contribution < -0.4 is 5.32 Å². The van der Waals surface area contributed by atoms with Crippen molar-refractivity contribution in [3.05, 3.63) is 51.8 Å². The topological polar surface area (TPSA) is 80.9 Å². The molecule has 3 rings (SSSR count). The Kier molecular flexibility index (Phi) is 5.83. The van der Waals surface area contributed by atoms with Crippen LogP contribution in [0.1, 0.15) is 29.1 Å². The van der Waals surface area contributed by atoms with Crippen molar-refractivity contribution >= 4 is 34.7 Å². The summed E-state index contributed by atoms with van der Waals surface area (Å²) < 4.78 is 5.55. The number of nitrogens with one attached hydrogen (secondary N) is 1. The first-order valence-corrected chi connectivity index (χ1v) is 9.74. The van der Waals surface area contributed by atoms with E-state index in [0.29, 0.717) is 17.5 Å². The predicted molar refractivity (Wildman–Crippen MR) is 99.1 cm³/mol. The highest BCUT2D eigenvalue weighted by Crippen LogP contribution is 2.19. The van der Waals surface area contributed by atoms with Gasteiger partial charge in [-0.15, -0.1) is 21.5 Å². The van der Waals surface area contributed by atoms with Crippen LogP contribution in [0, 0.1) is 6.92 Å². The maximum atomic E-state index is 12.0. The predicted octanol–water partition coefficient (Wildman–Crippen LogP) is 3.72. The molecule has 0 saturated heterocycles. The number of anilines is 1. The first kappa shape index (κ1) is 17.6. The number of carbonyl (C=O) groups is 1. The van der Waals surface area contributed by atoms with Crippen LogP contribution in [0.3, 0.4) is 0 Å². The average molecular weight is 374 g/mol. The highest BCUT2D eigenvalue weighted by Gasteiger charge is 2.11. The van der Waals surface area contributed by atoms with Gasteiger partial charge in [0.15, 0.2) is 0 Å². The smallest absolute Gasteiger partial charge is 0.277 e.